The fourth-order valence-electron chi connectivity index (χ4n) is 10.0. The predicted molar refractivity (Wildman–Crippen MR) is 339 cm³/mol. The van der Waals surface area contributed by atoms with Crippen molar-refractivity contribution in [2.24, 2.45) is 15.0 Å². The van der Waals surface area contributed by atoms with Gasteiger partial charge in [0.2, 0.25) is 0 Å². The minimum Gasteiger partial charge on any atom is -0.379 e. The van der Waals surface area contributed by atoms with Gasteiger partial charge in [-0.05, 0) is 98.9 Å². The van der Waals surface area contributed by atoms with Crippen LogP contribution in [0.3, 0.4) is 0 Å². The van der Waals surface area contributed by atoms with Crippen LogP contribution in [0.5, 0.6) is 0 Å². The van der Waals surface area contributed by atoms with Crippen LogP contribution in [-0.4, -0.2) is 71.4 Å². The van der Waals surface area contributed by atoms with Crippen molar-refractivity contribution < 1.29 is 14.2 Å². The fourth-order valence-corrected chi connectivity index (χ4v) is 10.0. The molecule has 0 radical (unpaired) electrons. The average molecular weight is 1050 g/mol. The molecule has 0 fully saturated rings. The molecule has 0 saturated carbocycles. The van der Waals surface area contributed by atoms with Crippen molar-refractivity contribution in [3.8, 4) is 11.1 Å². The van der Waals surface area contributed by atoms with Crippen LogP contribution in [0.15, 0.2) is 167 Å². The molecule has 6 nitrogen and oxygen atoms in total. The van der Waals surface area contributed by atoms with Crippen molar-refractivity contribution in [1.29, 1.82) is 0 Å². The van der Waals surface area contributed by atoms with Crippen LogP contribution < -0.4 is 0 Å². The summed E-state index contributed by atoms with van der Waals surface area (Å²) < 4.78 is 17.1. The molecule has 0 bridgehead atoms. The number of aliphatic imine (C=N–C) groups is 3. The van der Waals surface area contributed by atoms with E-state index in [4.69, 9.17) is 19.2 Å². The molecule has 0 aromatic heterocycles. The second-order valence-corrected chi connectivity index (χ2v) is 20.1. The van der Waals surface area contributed by atoms with E-state index in [-0.39, 0.29) is 5.41 Å². The van der Waals surface area contributed by atoms with E-state index < -0.39 is 5.41 Å². The molecule has 6 heteroatoms. The van der Waals surface area contributed by atoms with E-state index in [2.05, 4.69) is 196 Å². The van der Waals surface area contributed by atoms with Gasteiger partial charge in [-0.2, -0.15) is 0 Å². The lowest BCUT2D eigenvalue weighted by atomic mass is 9.68. The second kappa shape index (κ2) is 38.7. The smallest absolute Gasteiger partial charge is 0.0713 e. The van der Waals surface area contributed by atoms with Gasteiger partial charge in [-0.25, -0.2) is 0 Å². The highest BCUT2D eigenvalue weighted by atomic mass is 16.5. The normalized spacial score (nSPS) is 13.0. The maximum Gasteiger partial charge on any atom is 0.0713 e. The monoisotopic (exact) mass is 1050 g/mol. The van der Waals surface area contributed by atoms with Gasteiger partial charge in [-0.3, -0.25) is 15.0 Å². The highest BCUT2D eigenvalue weighted by Crippen LogP contribution is 2.56. The Kier molecular flexibility index (Phi) is 32.1. The van der Waals surface area contributed by atoms with Crippen molar-refractivity contribution in [2.45, 2.75) is 163 Å². The van der Waals surface area contributed by atoms with E-state index >= 15 is 0 Å². The summed E-state index contributed by atoms with van der Waals surface area (Å²) in [5.41, 5.74) is 13.2. The standard InChI is InChI=1S/C59H67N3O3.C9H20.2C2H6/c1-4-6-14-35-58(3,5-2)50-29-27-48(28-30-50)45-61-37-16-39-64-41-43-65-42-40-63-38-15-36-60-44-47-23-25-49(26-24-47)46-62-53-33-31-52(32-34-53)59(51-17-8-7-9-18-51)56-21-12-10-19-54(56)55-20-11-13-22-57(55)59;1-3-5-7-9-8-6-4-2;2*1-2/h7-13,17-34,44-46H,4-6,14-16,35-43H2,1-3H3;3-9H2,1-2H3;2*1-2H3. The first kappa shape index (κ1) is 64.7. The number of hydrogen-bond donors (Lipinski definition) is 0. The number of unbranched alkanes of at least 4 members (excludes halogenated alkanes) is 8. The van der Waals surface area contributed by atoms with Crippen LogP contribution in [0.2, 0.25) is 0 Å². The Balaban J connectivity index is 0.000000908. The molecule has 1 aliphatic carbocycles. The molecule has 420 valence electrons. The molecular formula is C72H99N3O3. The third kappa shape index (κ3) is 20.5. The lowest BCUT2D eigenvalue weighted by molar-refractivity contribution is 0.0143. The zero-order valence-electron chi connectivity index (χ0n) is 49.8. The largest absolute Gasteiger partial charge is 0.379 e. The number of ether oxygens (including phenoxy) is 3. The molecule has 1 unspecified atom stereocenters. The van der Waals surface area contributed by atoms with Crippen LogP contribution in [0.25, 0.3) is 11.1 Å². The Labute approximate surface area is 474 Å². The van der Waals surface area contributed by atoms with Gasteiger partial charge in [-0.1, -0.05) is 266 Å². The molecule has 0 N–H and O–H groups in total. The molecule has 6 aromatic rings. The first-order valence-corrected chi connectivity index (χ1v) is 30.3. The number of nitrogens with zero attached hydrogens (tertiary/aromatic N) is 3. The third-order valence-electron chi connectivity index (χ3n) is 14.6. The SMILES string of the molecule is CC.CC.CCCCCC(C)(CC)c1ccc(C=NCCCOCCOCCOCCCN=Cc2ccc(C=Nc3ccc(C4(c5ccccc5)c5ccccc5-c5ccccc54)cc3)cc2)cc1.CCCCCCCCC. The van der Waals surface area contributed by atoms with Gasteiger partial charge in [0.15, 0.2) is 0 Å². The highest BCUT2D eigenvalue weighted by Gasteiger charge is 2.45. The topological polar surface area (TPSA) is 64.8 Å². The Bertz CT molecular complexity index is 2500. The fraction of sp³-hybridized carbons (Fsp3) is 0.458. The Morgan fingerprint density at radius 3 is 1.31 bits per heavy atom. The van der Waals surface area contributed by atoms with Crippen molar-refractivity contribution >= 4 is 24.3 Å². The van der Waals surface area contributed by atoms with Crippen molar-refractivity contribution in [3.05, 3.63) is 196 Å². The Morgan fingerprint density at radius 2 is 0.821 bits per heavy atom. The summed E-state index contributed by atoms with van der Waals surface area (Å²) in [6.07, 6.45) is 23.8. The second-order valence-electron chi connectivity index (χ2n) is 20.1. The minimum atomic E-state index is -0.399. The van der Waals surface area contributed by atoms with Gasteiger partial charge < -0.3 is 14.2 Å². The van der Waals surface area contributed by atoms with Crippen molar-refractivity contribution in [2.75, 3.05) is 52.7 Å². The Hall–Kier alpha value is -5.79. The van der Waals surface area contributed by atoms with Crippen LogP contribution >= 0.6 is 0 Å². The van der Waals surface area contributed by atoms with E-state index in [9.17, 15) is 0 Å². The molecule has 7 rings (SSSR count). The summed E-state index contributed by atoms with van der Waals surface area (Å²) in [7, 11) is 0. The predicted octanol–water partition coefficient (Wildman–Crippen LogP) is 19.2. The first-order valence-electron chi connectivity index (χ1n) is 30.3. The van der Waals surface area contributed by atoms with E-state index in [1.807, 2.05) is 46.3 Å². The van der Waals surface area contributed by atoms with Crippen LogP contribution in [-0.2, 0) is 25.0 Å². The average Bonchev–Trinajstić information content (AvgIpc) is 4.05. The minimum absolute atomic E-state index is 0.259. The summed E-state index contributed by atoms with van der Waals surface area (Å²) in [5, 5.41) is 0. The van der Waals surface area contributed by atoms with E-state index in [1.165, 1.54) is 116 Å². The van der Waals surface area contributed by atoms with Gasteiger partial charge in [0.1, 0.15) is 0 Å². The van der Waals surface area contributed by atoms with Gasteiger partial charge in [-0.15, -0.1) is 0 Å². The third-order valence-corrected chi connectivity index (χ3v) is 14.6. The van der Waals surface area contributed by atoms with Crippen molar-refractivity contribution in [3.63, 3.8) is 0 Å². The van der Waals surface area contributed by atoms with Crippen LogP contribution in [0.4, 0.5) is 5.69 Å². The molecule has 78 heavy (non-hydrogen) atoms. The first-order chi connectivity index (χ1) is 38.5. The molecule has 1 aliphatic rings. The summed E-state index contributed by atoms with van der Waals surface area (Å²) in [6.45, 7) is 24.6. The van der Waals surface area contributed by atoms with Crippen LogP contribution in [0, 0.1) is 0 Å². The van der Waals surface area contributed by atoms with E-state index in [0.29, 0.717) is 46.2 Å². The molecule has 0 amide bonds. The Morgan fingerprint density at radius 1 is 0.410 bits per heavy atom. The number of benzene rings is 6. The molecule has 1 atom stereocenters. The van der Waals surface area contributed by atoms with Gasteiger partial charge >= 0.3 is 0 Å². The molecule has 0 heterocycles. The maximum absolute atomic E-state index is 5.74. The summed E-state index contributed by atoms with van der Waals surface area (Å²) >= 11 is 0. The molecule has 0 saturated heterocycles. The summed E-state index contributed by atoms with van der Waals surface area (Å²) in [6, 6.07) is 54.6. The molecule has 6 aromatic carbocycles. The highest BCUT2D eigenvalue weighted by molar-refractivity contribution is 5.87. The molecule has 0 aliphatic heterocycles. The number of rotatable bonds is 32. The van der Waals surface area contributed by atoms with E-state index in [0.717, 1.165) is 41.8 Å². The van der Waals surface area contributed by atoms with Crippen LogP contribution in [0.1, 0.15) is 197 Å². The maximum atomic E-state index is 5.74. The number of hydrogen-bond acceptors (Lipinski definition) is 6. The van der Waals surface area contributed by atoms with E-state index in [1.54, 1.807) is 0 Å². The lowest BCUT2D eigenvalue weighted by Gasteiger charge is -2.33. The molecular weight excluding hydrogens is 955 g/mol. The lowest BCUT2D eigenvalue weighted by Crippen LogP contribution is -2.28. The number of fused-ring (bicyclic) bond motifs is 3. The zero-order chi connectivity index (χ0) is 55.9. The summed E-state index contributed by atoms with van der Waals surface area (Å²) in [5.74, 6) is 0. The summed E-state index contributed by atoms with van der Waals surface area (Å²) in [4.78, 5) is 14.0. The van der Waals surface area contributed by atoms with Crippen molar-refractivity contribution in [1.82, 2.24) is 0 Å². The zero-order valence-corrected chi connectivity index (χ0v) is 49.8. The quantitative estimate of drug-likeness (QED) is 0.0312. The van der Waals surface area contributed by atoms with Gasteiger partial charge in [0.05, 0.1) is 37.5 Å². The van der Waals surface area contributed by atoms with Gasteiger partial charge in [0, 0.05) is 44.9 Å². The van der Waals surface area contributed by atoms with Gasteiger partial charge in [0.25, 0.3) is 0 Å². The molecule has 0 spiro atoms.